The average Bonchev–Trinajstić information content (AvgIpc) is 3.03. The Balaban J connectivity index is 0.00000161. The number of benzene rings is 1. The highest BCUT2D eigenvalue weighted by Crippen LogP contribution is 2.30. The number of rotatable bonds is 5. The molecule has 3 rings (SSSR count). The molecule has 5 nitrogen and oxygen atoms in total. The zero-order chi connectivity index (χ0) is 13.9. The molecule has 0 bridgehead atoms. The van der Waals surface area contributed by atoms with Crippen LogP contribution in [0.1, 0.15) is 12.0 Å². The van der Waals surface area contributed by atoms with Crippen molar-refractivity contribution in [1.82, 2.24) is 14.5 Å². The number of halogens is 1. The van der Waals surface area contributed by atoms with Crippen LogP contribution in [0.4, 0.5) is 5.13 Å². The van der Waals surface area contributed by atoms with Gasteiger partial charge >= 0.3 is 0 Å². The summed E-state index contributed by atoms with van der Waals surface area (Å²) in [5.74, 6) is 0. The molecule has 0 atom stereocenters. The highest BCUT2D eigenvalue weighted by atomic mass is 35.5. The summed E-state index contributed by atoms with van der Waals surface area (Å²) in [5.41, 5.74) is 2.16. The summed E-state index contributed by atoms with van der Waals surface area (Å²) in [6, 6.07) is 3.92. The van der Waals surface area contributed by atoms with Gasteiger partial charge in [0, 0.05) is 30.5 Å². The molecule has 2 aromatic heterocycles. The van der Waals surface area contributed by atoms with E-state index in [-0.39, 0.29) is 5.48 Å². The zero-order valence-corrected chi connectivity index (χ0v) is 13.2. The molecule has 0 spiro atoms. The molecule has 0 radical (unpaired) electrons. The van der Waals surface area contributed by atoms with E-state index >= 15 is 0 Å². The number of fused-ring (bicyclic) bond motifs is 1. The van der Waals surface area contributed by atoms with Crippen molar-refractivity contribution in [3.8, 4) is 0 Å². The number of anilines is 1. The lowest BCUT2D eigenvalue weighted by atomic mass is 10.2. The smallest absolute Gasteiger partial charge is 0.183 e. The molecule has 0 aliphatic rings. The number of hydrogen-bond acceptors (Lipinski definition) is 4. The number of nitrogens with zero attached hydrogens (tertiary/aromatic N) is 3. The van der Waals surface area contributed by atoms with E-state index in [4.69, 9.17) is 11.6 Å². The number of thiazole rings is 1. The van der Waals surface area contributed by atoms with Gasteiger partial charge < -0.3 is 15.4 Å². The van der Waals surface area contributed by atoms with Crippen molar-refractivity contribution in [2.24, 2.45) is 0 Å². The summed E-state index contributed by atoms with van der Waals surface area (Å²) >= 11 is 7.71. The van der Waals surface area contributed by atoms with Crippen LogP contribution in [-0.2, 0) is 6.54 Å². The SMILES string of the molecule is Cc1cc(Cl)cc2sc(NCCCn3ccnc3)nc12.O. The fraction of sp³-hybridized carbons (Fsp3) is 0.286. The van der Waals surface area contributed by atoms with Crippen molar-refractivity contribution in [3.05, 3.63) is 41.4 Å². The molecular formula is C14H17ClN4OS. The molecule has 0 aliphatic carbocycles. The molecule has 0 amide bonds. The molecule has 0 unspecified atom stereocenters. The summed E-state index contributed by atoms with van der Waals surface area (Å²) in [5, 5.41) is 5.10. The lowest BCUT2D eigenvalue weighted by molar-refractivity contribution is 0.660. The standard InChI is InChI=1S/C14H15ClN4S.H2O/c1-10-7-11(15)8-12-13(10)18-14(20-12)17-3-2-5-19-6-4-16-9-19;/h4,6-9H,2-3,5H2,1H3,(H,17,18);1H2. The number of aryl methyl sites for hydroxylation is 2. The summed E-state index contributed by atoms with van der Waals surface area (Å²) in [6.45, 7) is 3.89. The first kappa shape index (κ1) is 15.8. The minimum Gasteiger partial charge on any atom is -0.412 e. The van der Waals surface area contributed by atoms with Gasteiger partial charge in [0.2, 0.25) is 0 Å². The molecule has 3 N–H and O–H groups in total. The maximum Gasteiger partial charge on any atom is 0.183 e. The predicted molar refractivity (Wildman–Crippen MR) is 88.3 cm³/mol. The van der Waals surface area contributed by atoms with Crippen LogP contribution in [0.5, 0.6) is 0 Å². The minimum atomic E-state index is 0. The summed E-state index contributed by atoms with van der Waals surface area (Å²) in [7, 11) is 0. The molecule has 0 fully saturated rings. The van der Waals surface area contributed by atoms with Gasteiger partial charge in [-0.1, -0.05) is 22.9 Å². The normalized spacial score (nSPS) is 10.6. The number of nitrogens with one attached hydrogen (secondary N) is 1. The molecule has 1 aromatic carbocycles. The van der Waals surface area contributed by atoms with Crippen LogP contribution < -0.4 is 5.32 Å². The van der Waals surface area contributed by atoms with Crippen LogP contribution in [0, 0.1) is 6.92 Å². The fourth-order valence-electron chi connectivity index (χ4n) is 2.11. The largest absolute Gasteiger partial charge is 0.412 e. The third-order valence-electron chi connectivity index (χ3n) is 3.08. The summed E-state index contributed by atoms with van der Waals surface area (Å²) in [4.78, 5) is 8.64. The highest BCUT2D eigenvalue weighted by molar-refractivity contribution is 7.22. The summed E-state index contributed by atoms with van der Waals surface area (Å²) < 4.78 is 3.20. The van der Waals surface area contributed by atoms with Crippen LogP contribution in [0.15, 0.2) is 30.9 Å². The Morgan fingerprint density at radius 2 is 2.24 bits per heavy atom. The van der Waals surface area contributed by atoms with E-state index in [0.29, 0.717) is 0 Å². The third-order valence-corrected chi connectivity index (χ3v) is 4.26. The van der Waals surface area contributed by atoms with E-state index in [9.17, 15) is 0 Å². The molecule has 0 aliphatic heterocycles. The predicted octanol–water partition coefficient (Wildman–Crippen LogP) is 3.13. The Labute approximate surface area is 131 Å². The maximum absolute atomic E-state index is 6.07. The van der Waals surface area contributed by atoms with Crippen molar-refractivity contribution < 1.29 is 5.48 Å². The van der Waals surface area contributed by atoms with Gasteiger partial charge in [-0.05, 0) is 31.0 Å². The van der Waals surface area contributed by atoms with Crippen LogP contribution in [0.25, 0.3) is 10.2 Å². The second-order valence-corrected chi connectivity index (χ2v) is 6.14. The lowest BCUT2D eigenvalue weighted by Crippen LogP contribution is -2.05. The van der Waals surface area contributed by atoms with Crippen LogP contribution >= 0.6 is 22.9 Å². The van der Waals surface area contributed by atoms with Crippen molar-refractivity contribution in [3.63, 3.8) is 0 Å². The molecule has 0 saturated heterocycles. The van der Waals surface area contributed by atoms with Gasteiger partial charge in [0.25, 0.3) is 0 Å². The summed E-state index contributed by atoms with van der Waals surface area (Å²) in [6.07, 6.45) is 6.64. The molecule has 7 heteroatoms. The van der Waals surface area contributed by atoms with Crippen LogP contribution in [0.3, 0.4) is 0 Å². The number of hydrogen-bond donors (Lipinski definition) is 1. The Morgan fingerprint density at radius 1 is 1.38 bits per heavy atom. The minimum absolute atomic E-state index is 0. The van der Waals surface area contributed by atoms with E-state index in [1.165, 1.54) is 0 Å². The molecule has 21 heavy (non-hydrogen) atoms. The fourth-order valence-corrected chi connectivity index (χ4v) is 3.45. The maximum atomic E-state index is 6.07. The average molecular weight is 325 g/mol. The van der Waals surface area contributed by atoms with E-state index in [1.54, 1.807) is 17.5 Å². The lowest BCUT2D eigenvalue weighted by Gasteiger charge is -2.03. The van der Waals surface area contributed by atoms with Crippen molar-refractivity contribution >= 4 is 38.3 Å². The Bertz CT molecular complexity index is 711. The van der Waals surface area contributed by atoms with Crippen molar-refractivity contribution in [2.75, 3.05) is 11.9 Å². The van der Waals surface area contributed by atoms with Gasteiger partial charge in [-0.25, -0.2) is 9.97 Å². The topological polar surface area (TPSA) is 74.2 Å². The quantitative estimate of drug-likeness (QED) is 0.733. The second-order valence-electron chi connectivity index (χ2n) is 4.67. The zero-order valence-electron chi connectivity index (χ0n) is 11.6. The van der Waals surface area contributed by atoms with Gasteiger partial charge in [0.15, 0.2) is 5.13 Å². The molecule has 3 aromatic rings. The van der Waals surface area contributed by atoms with Crippen molar-refractivity contribution in [1.29, 1.82) is 0 Å². The number of aromatic nitrogens is 3. The van der Waals surface area contributed by atoms with Crippen molar-refractivity contribution in [2.45, 2.75) is 19.9 Å². The second kappa shape index (κ2) is 6.89. The van der Waals surface area contributed by atoms with Gasteiger partial charge in [0.1, 0.15) is 0 Å². The molecule has 2 heterocycles. The van der Waals surface area contributed by atoms with Gasteiger partial charge in [-0.15, -0.1) is 0 Å². The molecular weight excluding hydrogens is 308 g/mol. The molecule has 0 saturated carbocycles. The molecule has 112 valence electrons. The number of imidazole rings is 1. The van der Waals surface area contributed by atoms with Gasteiger partial charge in [-0.2, -0.15) is 0 Å². The first-order chi connectivity index (χ1) is 9.72. The van der Waals surface area contributed by atoms with E-state index in [2.05, 4.69) is 19.9 Å². The van der Waals surface area contributed by atoms with E-state index in [1.807, 2.05) is 31.6 Å². The van der Waals surface area contributed by atoms with Crippen LogP contribution in [-0.4, -0.2) is 26.6 Å². The Hall–Kier alpha value is -1.63. The monoisotopic (exact) mass is 324 g/mol. The van der Waals surface area contributed by atoms with E-state index in [0.717, 1.165) is 45.4 Å². The third kappa shape index (κ3) is 3.72. The Morgan fingerprint density at radius 3 is 3.00 bits per heavy atom. The van der Waals surface area contributed by atoms with E-state index < -0.39 is 0 Å². The highest BCUT2D eigenvalue weighted by Gasteiger charge is 2.07. The van der Waals surface area contributed by atoms with Gasteiger partial charge in [0.05, 0.1) is 16.5 Å². The Kier molecular flexibility index (Phi) is 5.17. The van der Waals surface area contributed by atoms with Gasteiger partial charge in [-0.3, -0.25) is 0 Å². The first-order valence-corrected chi connectivity index (χ1v) is 7.68. The first-order valence-electron chi connectivity index (χ1n) is 6.49. The van der Waals surface area contributed by atoms with Crippen LogP contribution in [0.2, 0.25) is 5.02 Å².